The number of pyridine rings is 1. The van der Waals surface area contributed by atoms with Crippen LogP contribution in [-0.2, 0) is 13.6 Å². The Labute approximate surface area is 101 Å². The first-order valence-electron chi connectivity index (χ1n) is 5.40. The van der Waals surface area contributed by atoms with E-state index < -0.39 is 0 Å². The summed E-state index contributed by atoms with van der Waals surface area (Å²) in [5, 5.41) is 4.33. The lowest BCUT2D eigenvalue weighted by atomic mass is 10.3. The first-order valence-corrected chi connectivity index (χ1v) is 5.40. The minimum Gasteiger partial charge on any atom is -0.481 e. The first-order chi connectivity index (χ1) is 8.19. The topological polar surface area (TPSA) is 43.2 Å². The van der Waals surface area contributed by atoms with E-state index in [0.717, 1.165) is 11.5 Å². The Hall–Kier alpha value is -2.04. The van der Waals surface area contributed by atoms with Crippen molar-refractivity contribution in [3.05, 3.63) is 36.2 Å². The van der Waals surface area contributed by atoms with Crippen molar-refractivity contribution in [2.75, 3.05) is 19.1 Å². The molecule has 0 saturated heterocycles. The van der Waals surface area contributed by atoms with Gasteiger partial charge in [-0.2, -0.15) is 5.10 Å². The number of aryl methyl sites for hydroxylation is 1. The zero-order valence-corrected chi connectivity index (χ0v) is 10.3. The molecular formula is C12H16N4O. The Balaban J connectivity index is 2.09. The number of aromatic nitrogens is 3. The summed E-state index contributed by atoms with van der Waals surface area (Å²) < 4.78 is 6.88. The molecule has 0 aliphatic heterocycles. The van der Waals surface area contributed by atoms with Gasteiger partial charge in [-0.3, -0.25) is 4.68 Å². The predicted octanol–water partition coefficient (Wildman–Crippen LogP) is 1.46. The molecule has 0 fully saturated rings. The lowest BCUT2D eigenvalue weighted by Gasteiger charge is -2.15. The van der Waals surface area contributed by atoms with Crippen LogP contribution in [0.25, 0.3) is 0 Å². The Morgan fingerprint density at radius 3 is 2.82 bits per heavy atom. The van der Waals surface area contributed by atoms with Crippen molar-refractivity contribution in [3.8, 4) is 5.88 Å². The summed E-state index contributed by atoms with van der Waals surface area (Å²) in [4.78, 5) is 6.41. The first kappa shape index (κ1) is 11.4. The molecule has 0 N–H and O–H groups in total. The summed E-state index contributed by atoms with van der Waals surface area (Å²) in [6.07, 6.45) is 1.92. The van der Waals surface area contributed by atoms with E-state index in [-0.39, 0.29) is 0 Å². The molecule has 2 heterocycles. The van der Waals surface area contributed by atoms with Gasteiger partial charge in [-0.25, -0.2) is 4.98 Å². The molecule has 0 atom stereocenters. The van der Waals surface area contributed by atoms with Crippen LogP contribution in [0.5, 0.6) is 5.88 Å². The van der Waals surface area contributed by atoms with Gasteiger partial charge in [-0.1, -0.05) is 6.07 Å². The van der Waals surface area contributed by atoms with Gasteiger partial charge in [-0.05, 0) is 6.07 Å². The van der Waals surface area contributed by atoms with Gasteiger partial charge in [0.2, 0.25) is 5.88 Å². The number of anilines is 1. The van der Waals surface area contributed by atoms with Crippen molar-refractivity contribution in [1.29, 1.82) is 0 Å². The minimum absolute atomic E-state index is 0.636. The van der Waals surface area contributed by atoms with Crippen molar-refractivity contribution in [2.24, 2.45) is 7.05 Å². The van der Waals surface area contributed by atoms with Crippen LogP contribution in [-0.4, -0.2) is 28.9 Å². The molecule has 0 radical (unpaired) electrons. The summed E-state index contributed by atoms with van der Waals surface area (Å²) in [5.41, 5.74) is 0.956. The van der Waals surface area contributed by atoms with Gasteiger partial charge in [0.1, 0.15) is 0 Å². The van der Waals surface area contributed by atoms with Crippen LogP contribution in [0.3, 0.4) is 0 Å². The molecule has 5 heteroatoms. The monoisotopic (exact) mass is 232 g/mol. The Bertz CT molecular complexity index is 495. The fourth-order valence-electron chi connectivity index (χ4n) is 1.59. The normalized spacial score (nSPS) is 10.3. The van der Waals surface area contributed by atoms with Gasteiger partial charge in [0.25, 0.3) is 0 Å². The van der Waals surface area contributed by atoms with Crippen LogP contribution >= 0.6 is 0 Å². The fraction of sp³-hybridized carbons (Fsp3) is 0.333. The van der Waals surface area contributed by atoms with E-state index in [9.17, 15) is 0 Å². The minimum atomic E-state index is 0.636. The third kappa shape index (κ3) is 2.75. The third-order valence-corrected chi connectivity index (χ3v) is 2.48. The van der Waals surface area contributed by atoms with E-state index in [4.69, 9.17) is 4.74 Å². The second kappa shape index (κ2) is 4.86. The molecular weight excluding hydrogens is 216 g/mol. The van der Waals surface area contributed by atoms with E-state index in [1.54, 1.807) is 11.8 Å². The van der Waals surface area contributed by atoms with E-state index in [1.807, 2.05) is 49.5 Å². The van der Waals surface area contributed by atoms with Crippen LogP contribution in [0.4, 0.5) is 5.82 Å². The van der Waals surface area contributed by atoms with Crippen LogP contribution < -0.4 is 9.64 Å². The average Bonchev–Trinajstić information content (AvgIpc) is 2.76. The lowest BCUT2D eigenvalue weighted by molar-refractivity contribution is 0.396. The van der Waals surface area contributed by atoms with Crippen molar-refractivity contribution in [2.45, 2.75) is 6.54 Å². The highest BCUT2D eigenvalue weighted by atomic mass is 16.5. The molecule has 90 valence electrons. The molecule has 2 aromatic rings. The van der Waals surface area contributed by atoms with E-state index in [2.05, 4.69) is 10.1 Å². The molecule has 17 heavy (non-hydrogen) atoms. The van der Waals surface area contributed by atoms with E-state index in [0.29, 0.717) is 12.4 Å². The predicted molar refractivity (Wildman–Crippen MR) is 66.1 cm³/mol. The second-order valence-corrected chi connectivity index (χ2v) is 3.87. The molecule has 2 aromatic heterocycles. The second-order valence-electron chi connectivity index (χ2n) is 3.87. The van der Waals surface area contributed by atoms with Gasteiger partial charge in [-0.15, -0.1) is 0 Å². The Morgan fingerprint density at radius 1 is 1.35 bits per heavy atom. The maximum absolute atomic E-state index is 5.10. The quantitative estimate of drug-likeness (QED) is 0.800. The molecule has 2 rings (SSSR count). The fourth-order valence-corrected chi connectivity index (χ4v) is 1.59. The van der Waals surface area contributed by atoms with Crippen molar-refractivity contribution in [3.63, 3.8) is 0 Å². The van der Waals surface area contributed by atoms with Crippen LogP contribution in [0.1, 0.15) is 5.69 Å². The van der Waals surface area contributed by atoms with Crippen LogP contribution in [0.2, 0.25) is 0 Å². The molecule has 0 bridgehead atoms. The highest BCUT2D eigenvalue weighted by Crippen LogP contribution is 2.13. The number of nitrogens with zero attached hydrogens (tertiary/aromatic N) is 4. The van der Waals surface area contributed by atoms with Crippen molar-refractivity contribution >= 4 is 5.82 Å². The van der Waals surface area contributed by atoms with Gasteiger partial charge in [0.05, 0.1) is 19.3 Å². The molecule has 5 nitrogen and oxygen atoms in total. The molecule has 0 saturated carbocycles. The standard InChI is InChI=1S/C12H16N4O/c1-15(11-7-8-16(2)14-11)9-10-5-4-6-12(13-10)17-3/h4-8H,9H2,1-3H3. The number of ether oxygens (including phenoxy) is 1. The molecule has 0 unspecified atom stereocenters. The smallest absolute Gasteiger partial charge is 0.213 e. The van der Waals surface area contributed by atoms with Crippen LogP contribution in [0, 0.1) is 0 Å². The highest BCUT2D eigenvalue weighted by Gasteiger charge is 2.06. The Kier molecular flexibility index (Phi) is 3.27. The molecule has 0 amide bonds. The largest absolute Gasteiger partial charge is 0.481 e. The SMILES string of the molecule is COc1cccc(CN(C)c2ccn(C)n2)n1. The number of hydrogen-bond donors (Lipinski definition) is 0. The zero-order valence-electron chi connectivity index (χ0n) is 10.3. The molecule has 0 aromatic carbocycles. The Morgan fingerprint density at radius 2 is 2.18 bits per heavy atom. The van der Waals surface area contributed by atoms with Gasteiger partial charge < -0.3 is 9.64 Å². The lowest BCUT2D eigenvalue weighted by Crippen LogP contribution is -2.18. The summed E-state index contributed by atoms with van der Waals surface area (Å²) in [6, 6.07) is 7.72. The van der Waals surface area contributed by atoms with E-state index >= 15 is 0 Å². The van der Waals surface area contributed by atoms with Gasteiger partial charge in [0, 0.05) is 32.4 Å². The third-order valence-electron chi connectivity index (χ3n) is 2.48. The van der Waals surface area contributed by atoms with Gasteiger partial charge >= 0.3 is 0 Å². The highest BCUT2D eigenvalue weighted by molar-refractivity contribution is 5.36. The van der Waals surface area contributed by atoms with Crippen molar-refractivity contribution < 1.29 is 4.74 Å². The molecule has 0 aliphatic rings. The summed E-state index contributed by atoms with van der Waals surface area (Å²) >= 11 is 0. The maximum Gasteiger partial charge on any atom is 0.213 e. The van der Waals surface area contributed by atoms with E-state index in [1.165, 1.54) is 0 Å². The summed E-state index contributed by atoms with van der Waals surface area (Å²) in [7, 11) is 5.51. The summed E-state index contributed by atoms with van der Waals surface area (Å²) in [6.45, 7) is 0.703. The average molecular weight is 232 g/mol. The zero-order chi connectivity index (χ0) is 12.3. The molecule has 0 spiro atoms. The maximum atomic E-state index is 5.10. The number of methoxy groups -OCH3 is 1. The summed E-state index contributed by atoms with van der Waals surface area (Å²) in [5.74, 6) is 1.56. The van der Waals surface area contributed by atoms with Crippen molar-refractivity contribution in [1.82, 2.24) is 14.8 Å². The number of rotatable bonds is 4. The van der Waals surface area contributed by atoms with Crippen LogP contribution in [0.15, 0.2) is 30.5 Å². The number of hydrogen-bond acceptors (Lipinski definition) is 4. The van der Waals surface area contributed by atoms with Gasteiger partial charge in [0.15, 0.2) is 5.82 Å². The molecule has 0 aliphatic carbocycles.